The van der Waals surface area contributed by atoms with Gasteiger partial charge in [0.05, 0.1) is 5.41 Å². The van der Waals surface area contributed by atoms with E-state index in [-0.39, 0.29) is 19.0 Å². The maximum absolute atomic E-state index is 12.8. The quantitative estimate of drug-likeness (QED) is 0.690. The summed E-state index contributed by atoms with van der Waals surface area (Å²) in [7, 11) is 0. The molecule has 1 rings (SSSR count). The number of carbonyl (C=O) groups is 3. The smallest absolute Gasteiger partial charge is 0.249 e. The van der Waals surface area contributed by atoms with Crippen LogP contribution in [0.4, 0.5) is 0 Å². The Kier molecular flexibility index (Phi) is 5.68. The van der Waals surface area contributed by atoms with Crippen molar-refractivity contribution in [2.45, 2.75) is 52.5 Å². The van der Waals surface area contributed by atoms with Gasteiger partial charge in [-0.05, 0) is 19.8 Å². The lowest BCUT2D eigenvalue weighted by atomic mass is 9.77. The number of hydrogen-bond acceptors (Lipinski definition) is 4. The molecule has 20 heavy (non-hydrogen) atoms. The molecule has 6 heteroatoms. The van der Waals surface area contributed by atoms with Gasteiger partial charge >= 0.3 is 0 Å². The molecule has 6 nitrogen and oxygen atoms in total. The molecule has 1 heterocycles. The minimum absolute atomic E-state index is 0.0685. The summed E-state index contributed by atoms with van der Waals surface area (Å²) in [5.41, 5.74) is 5.21. The average Bonchev–Trinajstić information content (AvgIpc) is 2.41. The van der Waals surface area contributed by atoms with E-state index in [1.54, 1.807) is 6.92 Å². The number of nitrogens with one attached hydrogen (secondary N) is 1. The highest BCUT2D eigenvalue weighted by atomic mass is 16.2. The molecular weight excluding hydrogens is 258 g/mol. The number of hydrogen-bond donors (Lipinski definition) is 2. The van der Waals surface area contributed by atoms with Crippen molar-refractivity contribution in [3.05, 3.63) is 0 Å². The SMILES string of the molecule is CCCC(CN)(CCC)C(=O)N1CC(=O)NC(=O)C1C. The standard InChI is InChI=1S/C14H25N3O3/c1-4-6-14(9-15,7-5-2)13(20)17-8-11(18)16-12(19)10(17)3/h10H,4-9,15H2,1-3H3,(H,16,18,19). The number of amides is 3. The molecule has 0 aliphatic carbocycles. The molecule has 1 aliphatic heterocycles. The molecule has 0 radical (unpaired) electrons. The van der Waals surface area contributed by atoms with Gasteiger partial charge in [-0.25, -0.2) is 0 Å². The molecule has 3 N–H and O–H groups in total. The summed E-state index contributed by atoms with van der Waals surface area (Å²) in [5.74, 6) is -1.02. The van der Waals surface area contributed by atoms with Gasteiger partial charge in [-0.15, -0.1) is 0 Å². The Morgan fingerprint density at radius 2 is 1.90 bits per heavy atom. The van der Waals surface area contributed by atoms with Gasteiger partial charge in [-0.2, -0.15) is 0 Å². The van der Waals surface area contributed by atoms with Crippen LogP contribution in [0.25, 0.3) is 0 Å². The molecule has 114 valence electrons. The van der Waals surface area contributed by atoms with Gasteiger partial charge in [-0.3, -0.25) is 19.7 Å². The second-order valence-corrected chi connectivity index (χ2v) is 5.51. The van der Waals surface area contributed by atoms with E-state index < -0.39 is 23.3 Å². The molecular formula is C14H25N3O3. The van der Waals surface area contributed by atoms with Gasteiger partial charge in [0.25, 0.3) is 0 Å². The Balaban J connectivity index is 3.03. The van der Waals surface area contributed by atoms with Crippen molar-refractivity contribution in [3.63, 3.8) is 0 Å². The minimum atomic E-state index is -0.657. The van der Waals surface area contributed by atoms with Crippen molar-refractivity contribution in [3.8, 4) is 0 Å². The van der Waals surface area contributed by atoms with E-state index in [2.05, 4.69) is 5.32 Å². The summed E-state index contributed by atoms with van der Waals surface area (Å²) in [6.45, 7) is 5.82. The highest BCUT2D eigenvalue weighted by molar-refractivity contribution is 6.04. The molecule has 0 saturated carbocycles. The van der Waals surface area contributed by atoms with Crippen molar-refractivity contribution < 1.29 is 14.4 Å². The van der Waals surface area contributed by atoms with Gasteiger partial charge in [-0.1, -0.05) is 26.7 Å². The number of imide groups is 1. The third kappa shape index (κ3) is 3.17. The first-order valence-corrected chi connectivity index (χ1v) is 7.26. The molecule has 0 aromatic rings. The number of nitrogens with zero attached hydrogens (tertiary/aromatic N) is 1. The van der Waals surface area contributed by atoms with Gasteiger partial charge in [0.15, 0.2) is 0 Å². The van der Waals surface area contributed by atoms with Crippen LogP contribution in [0, 0.1) is 5.41 Å². The zero-order valence-corrected chi connectivity index (χ0v) is 12.6. The van der Waals surface area contributed by atoms with Gasteiger partial charge in [0, 0.05) is 6.54 Å². The molecule has 1 atom stereocenters. The second kappa shape index (κ2) is 6.83. The lowest BCUT2D eigenvalue weighted by Gasteiger charge is -2.40. The normalized spacial score (nSPS) is 20.0. The Labute approximate surface area is 120 Å². The fraction of sp³-hybridized carbons (Fsp3) is 0.786. The largest absolute Gasteiger partial charge is 0.329 e. The van der Waals surface area contributed by atoms with Gasteiger partial charge < -0.3 is 10.6 Å². The van der Waals surface area contributed by atoms with E-state index in [1.165, 1.54) is 4.90 Å². The van der Waals surface area contributed by atoms with Crippen molar-refractivity contribution in [1.29, 1.82) is 0 Å². The Morgan fingerprint density at radius 1 is 1.35 bits per heavy atom. The van der Waals surface area contributed by atoms with Crippen molar-refractivity contribution in [2.75, 3.05) is 13.1 Å². The maximum Gasteiger partial charge on any atom is 0.249 e. The number of rotatable bonds is 6. The van der Waals surface area contributed by atoms with E-state index in [0.717, 1.165) is 12.8 Å². The Morgan fingerprint density at radius 3 is 2.35 bits per heavy atom. The molecule has 0 spiro atoms. The molecule has 1 fully saturated rings. The molecule has 0 aromatic carbocycles. The summed E-state index contributed by atoms with van der Waals surface area (Å²) in [6.07, 6.45) is 3.03. The Bertz CT molecular complexity index is 389. The predicted molar refractivity (Wildman–Crippen MR) is 75.6 cm³/mol. The number of carbonyl (C=O) groups excluding carboxylic acids is 3. The summed E-state index contributed by atoms with van der Waals surface area (Å²) < 4.78 is 0. The van der Waals surface area contributed by atoms with E-state index in [0.29, 0.717) is 12.8 Å². The first-order chi connectivity index (χ1) is 9.41. The fourth-order valence-electron chi connectivity index (χ4n) is 2.85. The lowest BCUT2D eigenvalue weighted by molar-refractivity contribution is -0.155. The van der Waals surface area contributed by atoms with E-state index >= 15 is 0 Å². The highest BCUT2D eigenvalue weighted by Gasteiger charge is 2.43. The van der Waals surface area contributed by atoms with Gasteiger partial charge in [0.2, 0.25) is 17.7 Å². The monoisotopic (exact) mass is 283 g/mol. The first kappa shape index (κ1) is 16.6. The minimum Gasteiger partial charge on any atom is -0.329 e. The summed E-state index contributed by atoms with van der Waals surface area (Å²) in [4.78, 5) is 37.4. The van der Waals surface area contributed by atoms with Crippen molar-refractivity contribution >= 4 is 17.7 Å². The van der Waals surface area contributed by atoms with Crippen LogP contribution in [0.5, 0.6) is 0 Å². The molecule has 0 bridgehead atoms. The first-order valence-electron chi connectivity index (χ1n) is 7.26. The van der Waals surface area contributed by atoms with Crippen LogP contribution < -0.4 is 11.1 Å². The van der Waals surface area contributed by atoms with Crippen LogP contribution in [-0.4, -0.2) is 41.8 Å². The molecule has 1 aliphatic rings. The third-order valence-corrected chi connectivity index (χ3v) is 3.99. The van der Waals surface area contributed by atoms with Crippen molar-refractivity contribution in [2.24, 2.45) is 11.1 Å². The zero-order valence-electron chi connectivity index (χ0n) is 12.6. The zero-order chi connectivity index (χ0) is 15.3. The average molecular weight is 283 g/mol. The van der Waals surface area contributed by atoms with Gasteiger partial charge in [0.1, 0.15) is 12.6 Å². The maximum atomic E-state index is 12.8. The van der Waals surface area contributed by atoms with E-state index in [1.807, 2.05) is 13.8 Å². The summed E-state index contributed by atoms with van der Waals surface area (Å²) in [5, 5.41) is 2.24. The van der Waals surface area contributed by atoms with E-state index in [9.17, 15) is 14.4 Å². The van der Waals surface area contributed by atoms with Crippen LogP contribution in [-0.2, 0) is 14.4 Å². The molecule has 1 saturated heterocycles. The molecule has 0 aromatic heterocycles. The number of nitrogens with two attached hydrogens (primary N) is 1. The lowest BCUT2D eigenvalue weighted by Crippen LogP contribution is -2.62. The summed E-state index contributed by atoms with van der Waals surface area (Å²) in [6, 6.07) is -0.625. The Hall–Kier alpha value is -1.43. The topological polar surface area (TPSA) is 92.5 Å². The van der Waals surface area contributed by atoms with E-state index in [4.69, 9.17) is 5.73 Å². The summed E-state index contributed by atoms with van der Waals surface area (Å²) >= 11 is 0. The third-order valence-electron chi connectivity index (χ3n) is 3.99. The van der Waals surface area contributed by atoms with Crippen LogP contribution in [0.15, 0.2) is 0 Å². The fourth-order valence-corrected chi connectivity index (χ4v) is 2.85. The number of piperazine rings is 1. The van der Waals surface area contributed by atoms with Crippen LogP contribution in [0.2, 0.25) is 0 Å². The second-order valence-electron chi connectivity index (χ2n) is 5.51. The molecule has 1 unspecified atom stereocenters. The van der Waals surface area contributed by atoms with Crippen LogP contribution >= 0.6 is 0 Å². The predicted octanol–water partition coefficient (Wildman–Crippen LogP) is 0.405. The highest BCUT2D eigenvalue weighted by Crippen LogP contribution is 2.32. The van der Waals surface area contributed by atoms with Crippen molar-refractivity contribution in [1.82, 2.24) is 10.2 Å². The van der Waals surface area contributed by atoms with Crippen LogP contribution in [0.3, 0.4) is 0 Å². The molecule has 3 amide bonds. The van der Waals surface area contributed by atoms with Crippen LogP contribution in [0.1, 0.15) is 46.5 Å².